The molecule has 7 rings (SSSR count). The minimum absolute atomic E-state index is 0.000988. The number of aliphatic hydroxyl groups is 1. The zero-order valence-corrected chi connectivity index (χ0v) is 54.4. The average Bonchev–Trinajstić information content (AvgIpc) is 2.13. The van der Waals surface area contributed by atoms with Crippen molar-refractivity contribution < 1.29 is 78.3 Å². The zero-order valence-electron chi connectivity index (χ0n) is 48.6. The van der Waals surface area contributed by atoms with Gasteiger partial charge < -0.3 is 51.7 Å². The lowest BCUT2D eigenvalue weighted by Gasteiger charge is -2.35. The predicted molar refractivity (Wildman–Crippen MR) is 344 cm³/mol. The minimum atomic E-state index is -1.62. The number of benzene rings is 2. The quantitative estimate of drug-likeness (QED) is 0.0905. The maximum Gasteiger partial charge on any atom is 0.305 e. The predicted octanol–water partition coefficient (Wildman–Crippen LogP) is 0.519. The van der Waals surface area contributed by atoms with Crippen LogP contribution < -0.4 is 42.5 Å². The largest absolute Gasteiger partial charge is 0.508 e. The number of phenolic OH excluding ortho intramolecular Hbond substituents is 2. The summed E-state index contributed by atoms with van der Waals surface area (Å²) in [6, 6.07) is -2.31. The number of hydrogen-bond acceptors (Lipinski definition) is 26. The first-order valence-corrected chi connectivity index (χ1v) is 36.7. The molecule has 2 aromatic carbocycles. The van der Waals surface area contributed by atoms with Crippen molar-refractivity contribution in [3.63, 3.8) is 0 Å². The number of nitrogens with zero attached hydrogens (tertiary/aromatic N) is 1. The number of fused-ring (bicyclic) bond motifs is 14. The standard InChI is InChI=1S/C56H77N9O16S7/c1-28-51(76)43-25-86-88-27-47-61-36(14-15-48(72)73)53(78)64-38(18-32-8-12-34(69)13-9-32)52(77)35(41(23-84-87-26-46(71)40(21-82)62-47)60-39(19-49(74)75)56(81)65-16-4-5-44(65)54(79)58-28)22-83-85-24-42(45(70)20-57-55(80)50(63-43)30(3)67)59-37(29(2)66)17-31-6-10-33(68)11-7-31/h6-13,28,30,35-44,47,50,59-63,67-69,82H,4-5,14-27H2,1-3H3,(H,57,80)(H,58,79)(H,64,78)(H,72,73)(H,74,75)/t28-,30+,35?,36-,37-,38-,39-,40-,41?,42?,43?,44-,47?,50-/m0/s1. The molecule has 0 aliphatic carbocycles. The summed E-state index contributed by atoms with van der Waals surface area (Å²) in [5.41, 5.74) is 1.09. The second kappa shape index (κ2) is 35.9. The van der Waals surface area contributed by atoms with Crippen LogP contribution in [0.3, 0.4) is 0 Å². The number of carboxylic acid groups (broad SMARTS) is 2. The van der Waals surface area contributed by atoms with E-state index in [1.54, 1.807) is 24.3 Å². The molecule has 0 radical (unpaired) electrons. The molecule has 484 valence electrons. The van der Waals surface area contributed by atoms with Gasteiger partial charge in [0.1, 0.15) is 29.4 Å². The number of carbonyl (C=O) groups excluding carboxylic acids is 9. The molecule has 5 unspecified atom stereocenters. The highest BCUT2D eigenvalue weighted by Crippen LogP contribution is 2.33. The number of carboxylic acids is 2. The van der Waals surface area contributed by atoms with Crippen molar-refractivity contribution in [2.45, 2.75) is 144 Å². The molecule has 13 N–H and O–H groups in total. The van der Waals surface area contributed by atoms with Crippen molar-refractivity contribution in [2.75, 3.05) is 53.4 Å². The van der Waals surface area contributed by atoms with Crippen LogP contribution in [-0.4, -0.2) is 227 Å². The second-order valence-electron chi connectivity index (χ2n) is 21.8. The van der Waals surface area contributed by atoms with Crippen LogP contribution in [0.4, 0.5) is 0 Å². The van der Waals surface area contributed by atoms with Crippen molar-refractivity contribution in [1.29, 1.82) is 0 Å². The van der Waals surface area contributed by atoms with E-state index in [9.17, 15) is 63.9 Å². The summed E-state index contributed by atoms with van der Waals surface area (Å²) in [7, 11) is 6.66. The van der Waals surface area contributed by atoms with E-state index in [1.165, 1.54) is 49.9 Å². The summed E-state index contributed by atoms with van der Waals surface area (Å²) < 4.78 is 0. The number of aliphatic carboxylic acids is 2. The fourth-order valence-electron chi connectivity index (χ4n) is 10.3. The first-order chi connectivity index (χ1) is 41.9. The number of ketones is 5. The summed E-state index contributed by atoms with van der Waals surface area (Å²) in [5.74, 6) is -10.8. The molecule has 0 saturated carbocycles. The number of phenols is 2. The van der Waals surface area contributed by atoms with Gasteiger partial charge >= 0.3 is 11.9 Å². The van der Waals surface area contributed by atoms with E-state index in [-0.39, 0.29) is 95.6 Å². The van der Waals surface area contributed by atoms with Crippen LogP contribution in [0.1, 0.15) is 64.0 Å². The number of aromatic hydroxyl groups is 2. The van der Waals surface area contributed by atoms with Crippen LogP contribution in [0.2, 0.25) is 0 Å². The summed E-state index contributed by atoms with van der Waals surface area (Å²) in [6.45, 7) is 3.37. The number of Topliss-reactive ketones (excluding diaryl/α,β-unsaturated/α-hetero) is 5. The van der Waals surface area contributed by atoms with Crippen molar-refractivity contribution in [3.05, 3.63) is 59.7 Å². The normalized spacial score (nSPS) is 29.3. The Hall–Kier alpha value is -4.58. The molecule has 4 amide bonds. The summed E-state index contributed by atoms with van der Waals surface area (Å²) in [5, 5.41) is 76.0. The maximum absolute atomic E-state index is 16.0. The van der Waals surface area contributed by atoms with Crippen molar-refractivity contribution >= 4 is 142 Å². The summed E-state index contributed by atoms with van der Waals surface area (Å²) >= 11 is 4.52. The molecule has 5 aliphatic heterocycles. The summed E-state index contributed by atoms with van der Waals surface area (Å²) in [4.78, 5) is 158. The topological polar surface area (TPSA) is 388 Å². The molecule has 0 spiro atoms. The van der Waals surface area contributed by atoms with Gasteiger partial charge in [-0.3, -0.25) is 74.0 Å². The van der Waals surface area contributed by atoms with Crippen LogP contribution in [0, 0.1) is 5.92 Å². The number of rotatable bonds is 14. The van der Waals surface area contributed by atoms with Crippen molar-refractivity contribution in [1.82, 2.24) is 47.4 Å². The Bertz CT molecular complexity index is 2800. The van der Waals surface area contributed by atoms with E-state index < -0.39 is 157 Å². The first kappa shape index (κ1) is 72.5. The number of nitrogens with one attached hydrogen (secondary N) is 8. The molecule has 32 heteroatoms. The van der Waals surface area contributed by atoms with Crippen LogP contribution in [0.5, 0.6) is 11.5 Å². The maximum atomic E-state index is 16.0. The molecule has 0 aromatic heterocycles. The Kier molecular flexibility index (Phi) is 29.5. The Morgan fingerprint density at radius 2 is 1.34 bits per heavy atom. The minimum Gasteiger partial charge on any atom is -0.508 e. The number of amides is 4. The third kappa shape index (κ3) is 22.1. The number of aliphatic hydroxyl groups excluding tert-OH is 1. The molecule has 5 fully saturated rings. The average molecular weight is 1360 g/mol. The van der Waals surface area contributed by atoms with E-state index >= 15 is 14.4 Å². The first-order valence-electron chi connectivity index (χ1n) is 28.6. The molecule has 14 atom stereocenters. The van der Waals surface area contributed by atoms with Gasteiger partial charge in [-0.15, -0.1) is 0 Å². The fraction of sp³-hybridized carbons (Fsp3) is 0.589. The van der Waals surface area contributed by atoms with E-state index in [0.29, 0.717) is 17.5 Å². The Morgan fingerprint density at radius 1 is 0.705 bits per heavy atom. The lowest BCUT2D eigenvalue weighted by Crippen LogP contribution is -2.61. The van der Waals surface area contributed by atoms with Crippen LogP contribution in [0.15, 0.2) is 48.5 Å². The zero-order chi connectivity index (χ0) is 64.2. The van der Waals surface area contributed by atoms with Crippen molar-refractivity contribution in [2.24, 2.45) is 5.92 Å². The van der Waals surface area contributed by atoms with E-state index in [4.69, 9.17) is 0 Å². The second-order valence-corrected chi connectivity index (χ2v) is 29.8. The molecular formula is C56H77N9O16S7. The molecule has 25 nitrogen and oxygen atoms in total. The number of carbonyl (C=O) groups is 11. The van der Waals surface area contributed by atoms with Gasteiger partial charge in [-0.2, -0.15) is 12.6 Å². The van der Waals surface area contributed by atoms with Gasteiger partial charge in [0.15, 0.2) is 23.1 Å². The molecule has 88 heavy (non-hydrogen) atoms. The van der Waals surface area contributed by atoms with E-state index in [2.05, 4.69) is 55.2 Å². The van der Waals surface area contributed by atoms with Crippen LogP contribution in [0.25, 0.3) is 0 Å². The lowest BCUT2D eigenvalue weighted by molar-refractivity contribution is -0.145. The molecule has 5 aliphatic rings. The third-order valence-corrected chi connectivity index (χ3v) is 22.7. The smallest absolute Gasteiger partial charge is 0.305 e. The highest BCUT2D eigenvalue weighted by atomic mass is 33.1. The van der Waals surface area contributed by atoms with E-state index in [1.807, 2.05) is 0 Å². The number of thiol groups is 1. The molecular weight excluding hydrogens is 1280 g/mol. The van der Waals surface area contributed by atoms with Gasteiger partial charge in [0.25, 0.3) is 0 Å². The monoisotopic (exact) mass is 1360 g/mol. The fourth-order valence-corrected chi connectivity index (χ4v) is 17.8. The van der Waals surface area contributed by atoms with Gasteiger partial charge in [0.2, 0.25) is 23.6 Å². The van der Waals surface area contributed by atoms with Gasteiger partial charge in [-0.05, 0) is 88.3 Å². The van der Waals surface area contributed by atoms with Gasteiger partial charge in [-0.25, -0.2) is 0 Å². The molecule has 4 bridgehead atoms. The van der Waals surface area contributed by atoms with Gasteiger partial charge in [-0.1, -0.05) is 89.0 Å². The van der Waals surface area contributed by atoms with Crippen molar-refractivity contribution in [3.8, 4) is 11.5 Å². The van der Waals surface area contributed by atoms with Gasteiger partial charge in [0, 0.05) is 59.4 Å². The highest BCUT2D eigenvalue weighted by molar-refractivity contribution is 8.77. The number of hydrogen-bond donors (Lipinski definition) is 14. The van der Waals surface area contributed by atoms with E-state index in [0.717, 1.165) is 64.8 Å². The summed E-state index contributed by atoms with van der Waals surface area (Å²) in [6.07, 6.45) is -3.92. The Balaban J connectivity index is 1.59. The Labute approximate surface area is 539 Å². The molecule has 2 aromatic rings. The Morgan fingerprint density at radius 3 is 1.99 bits per heavy atom. The molecule has 5 heterocycles. The highest BCUT2D eigenvalue weighted by Gasteiger charge is 2.44. The lowest BCUT2D eigenvalue weighted by atomic mass is 9.89. The van der Waals surface area contributed by atoms with Crippen LogP contribution in [-0.2, 0) is 65.6 Å². The molecule has 5 saturated heterocycles. The van der Waals surface area contributed by atoms with Crippen LogP contribution >= 0.6 is 77.4 Å². The van der Waals surface area contributed by atoms with Gasteiger partial charge in [0.05, 0.1) is 79.3 Å². The third-order valence-electron chi connectivity index (χ3n) is 15.2. The SMILES string of the molecule is CC(=O)[C@H](Cc1ccc(O)cc1)NC1CSSCC2C(=O)[C@H](Cc3ccc(O)cc3)NC(=O)[C@H](CCC(=O)O)NC3CSSCC(N[C@@H]([C@@H](C)O)C(=O)NCC1=O)C(=O)[C@H](C)NC(=O)[C@@H]1CCCN1C(=O)[C@H](CC(=O)O)NC2CSSCC(=O)[C@H](CS)N3.